The van der Waals surface area contributed by atoms with E-state index in [0.29, 0.717) is 22.9 Å². The molecule has 0 aliphatic rings. The Morgan fingerprint density at radius 1 is 1.64 bits per heavy atom. The molecule has 1 aromatic rings. The van der Waals surface area contributed by atoms with Gasteiger partial charge in [-0.3, -0.25) is 10.2 Å². The van der Waals surface area contributed by atoms with Crippen molar-refractivity contribution in [3.63, 3.8) is 0 Å². The third-order valence-corrected chi connectivity index (χ3v) is 1.85. The molecule has 3 N–H and O–H groups in total. The number of hydrogen-bond donors (Lipinski definition) is 2. The molecule has 0 saturated carbocycles. The van der Waals surface area contributed by atoms with E-state index < -0.39 is 5.91 Å². The first-order valence-electron chi connectivity index (χ1n) is 4.12. The summed E-state index contributed by atoms with van der Waals surface area (Å²) in [4.78, 5) is 11.3. The van der Waals surface area contributed by atoms with Gasteiger partial charge in [0.25, 0.3) is 5.91 Å². The molecule has 76 valence electrons. The molecule has 0 radical (unpaired) electrons. The Labute approximate surface area is 87.0 Å². The van der Waals surface area contributed by atoms with Crippen LogP contribution in [-0.4, -0.2) is 12.5 Å². The number of rotatable bonds is 3. The van der Waals surface area contributed by atoms with Crippen molar-refractivity contribution < 1.29 is 9.53 Å². The van der Waals surface area contributed by atoms with Gasteiger partial charge in [0.1, 0.15) is 5.75 Å². The van der Waals surface area contributed by atoms with E-state index >= 15 is 0 Å². The van der Waals surface area contributed by atoms with Gasteiger partial charge in [0.15, 0.2) is 0 Å². The first-order chi connectivity index (χ1) is 6.69. The summed E-state index contributed by atoms with van der Waals surface area (Å²) < 4.78 is 5.24. The van der Waals surface area contributed by atoms with Crippen molar-refractivity contribution in [2.75, 3.05) is 6.61 Å². The zero-order valence-electron chi connectivity index (χ0n) is 7.71. The van der Waals surface area contributed by atoms with Crippen LogP contribution in [0.1, 0.15) is 17.3 Å². The van der Waals surface area contributed by atoms with Crippen molar-refractivity contribution in [3.05, 3.63) is 28.8 Å². The number of ether oxygens (including phenoxy) is 1. The van der Waals surface area contributed by atoms with Crippen LogP contribution >= 0.6 is 11.6 Å². The van der Waals surface area contributed by atoms with Gasteiger partial charge in [-0.1, -0.05) is 11.6 Å². The molecule has 1 aromatic carbocycles. The SMILES string of the molecule is CCOc1ccc(Cl)cc1C(=O)NN. The molecular weight excluding hydrogens is 204 g/mol. The zero-order chi connectivity index (χ0) is 10.6. The number of benzene rings is 1. The highest BCUT2D eigenvalue weighted by Gasteiger charge is 2.11. The molecule has 0 aromatic heterocycles. The van der Waals surface area contributed by atoms with Gasteiger partial charge in [0.2, 0.25) is 0 Å². The highest BCUT2D eigenvalue weighted by molar-refractivity contribution is 6.31. The maximum atomic E-state index is 11.3. The Morgan fingerprint density at radius 3 is 2.93 bits per heavy atom. The number of nitrogens with one attached hydrogen (secondary N) is 1. The molecule has 0 saturated heterocycles. The van der Waals surface area contributed by atoms with Crippen molar-refractivity contribution >= 4 is 17.5 Å². The van der Waals surface area contributed by atoms with E-state index in [2.05, 4.69) is 0 Å². The summed E-state index contributed by atoms with van der Waals surface area (Å²) in [6, 6.07) is 4.80. The summed E-state index contributed by atoms with van der Waals surface area (Å²) in [6.45, 7) is 2.31. The highest BCUT2D eigenvalue weighted by Crippen LogP contribution is 2.22. The first kappa shape index (κ1) is 10.8. The molecule has 0 aliphatic heterocycles. The average molecular weight is 215 g/mol. The molecule has 4 nitrogen and oxygen atoms in total. The van der Waals surface area contributed by atoms with Crippen LogP contribution in [0.4, 0.5) is 0 Å². The molecule has 0 unspecified atom stereocenters. The molecule has 5 heteroatoms. The summed E-state index contributed by atoms with van der Waals surface area (Å²) >= 11 is 5.74. The Balaban J connectivity index is 3.08. The van der Waals surface area contributed by atoms with Crippen LogP contribution in [0.5, 0.6) is 5.75 Å². The molecule has 0 spiro atoms. The smallest absolute Gasteiger partial charge is 0.268 e. The minimum Gasteiger partial charge on any atom is -0.493 e. The molecule has 0 heterocycles. The average Bonchev–Trinajstić information content (AvgIpc) is 2.20. The first-order valence-corrected chi connectivity index (χ1v) is 4.50. The zero-order valence-corrected chi connectivity index (χ0v) is 8.47. The van der Waals surface area contributed by atoms with E-state index in [0.717, 1.165) is 0 Å². The fraction of sp³-hybridized carbons (Fsp3) is 0.222. The minimum atomic E-state index is -0.420. The van der Waals surface area contributed by atoms with Gasteiger partial charge in [0, 0.05) is 5.02 Å². The largest absolute Gasteiger partial charge is 0.493 e. The predicted molar refractivity (Wildman–Crippen MR) is 54.3 cm³/mol. The molecule has 14 heavy (non-hydrogen) atoms. The van der Waals surface area contributed by atoms with E-state index in [1.54, 1.807) is 12.1 Å². The molecule has 0 fully saturated rings. The molecule has 1 amide bonds. The monoisotopic (exact) mass is 214 g/mol. The molecular formula is C9H11ClN2O2. The van der Waals surface area contributed by atoms with E-state index in [4.69, 9.17) is 22.2 Å². The van der Waals surface area contributed by atoms with Gasteiger partial charge >= 0.3 is 0 Å². The lowest BCUT2D eigenvalue weighted by Crippen LogP contribution is -2.30. The topological polar surface area (TPSA) is 64.3 Å². The van der Waals surface area contributed by atoms with Gasteiger partial charge in [0.05, 0.1) is 12.2 Å². The van der Waals surface area contributed by atoms with E-state index in [9.17, 15) is 4.79 Å². The summed E-state index contributed by atoms with van der Waals surface area (Å²) in [5, 5.41) is 0.465. The maximum absolute atomic E-state index is 11.3. The number of amides is 1. The second-order valence-electron chi connectivity index (χ2n) is 2.55. The number of carbonyl (C=O) groups is 1. The number of carbonyl (C=O) groups excluding carboxylic acids is 1. The standard InChI is InChI=1S/C9H11ClN2O2/c1-2-14-8-4-3-6(10)5-7(8)9(13)12-11/h3-5H,2,11H2,1H3,(H,12,13). The van der Waals surface area contributed by atoms with Gasteiger partial charge in [-0.25, -0.2) is 5.84 Å². The lowest BCUT2D eigenvalue weighted by molar-refractivity contribution is 0.0950. The van der Waals surface area contributed by atoms with E-state index in [1.807, 2.05) is 12.3 Å². The number of nitrogens with two attached hydrogens (primary N) is 1. The van der Waals surface area contributed by atoms with Crippen LogP contribution in [0.2, 0.25) is 5.02 Å². The Hall–Kier alpha value is -1.26. The number of halogens is 1. The molecule has 0 atom stereocenters. The predicted octanol–water partition coefficient (Wildman–Crippen LogP) is 1.34. The third-order valence-electron chi connectivity index (χ3n) is 1.62. The lowest BCUT2D eigenvalue weighted by Gasteiger charge is -2.08. The van der Waals surface area contributed by atoms with Gasteiger partial charge in [-0.15, -0.1) is 0 Å². The summed E-state index contributed by atoms with van der Waals surface area (Å²) in [5.74, 6) is 5.07. The third kappa shape index (κ3) is 2.37. The Kier molecular flexibility index (Phi) is 3.73. The summed E-state index contributed by atoms with van der Waals surface area (Å²) in [7, 11) is 0. The lowest BCUT2D eigenvalue weighted by atomic mass is 10.2. The number of hydrazine groups is 1. The van der Waals surface area contributed by atoms with Gasteiger partial charge in [-0.05, 0) is 25.1 Å². The second-order valence-corrected chi connectivity index (χ2v) is 2.98. The van der Waals surface area contributed by atoms with Crippen LogP contribution in [0.3, 0.4) is 0 Å². The van der Waals surface area contributed by atoms with Crippen molar-refractivity contribution in [2.24, 2.45) is 5.84 Å². The summed E-state index contributed by atoms with van der Waals surface area (Å²) in [5.41, 5.74) is 2.36. The van der Waals surface area contributed by atoms with Gasteiger partial charge < -0.3 is 4.74 Å². The summed E-state index contributed by atoms with van der Waals surface area (Å²) in [6.07, 6.45) is 0. The minimum absolute atomic E-state index is 0.335. The van der Waals surface area contributed by atoms with Crippen LogP contribution in [-0.2, 0) is 0 Å². The fourth-order valence-corrected chi connectivity index (χ4v) is 1.21. The number of nitrogen functional groups attached to an aromatic ring is 1. The maximum Gasteiger partial charge on any atom is 0.268 e. The fourth-order valence-electron chi connectivity index (χ4n) is 1.04. The van der Waals surface area contributed by atoms with Crippen molar-refractivity contribution in [3.8, 4) is 5.75 Å². The molecule has 0 bridgehead atoms. The van der Waals surface area contributed by atoms with E-state index in [-0.39, 0.29) is 0 Å². The molecule has 1 rings (SSSR count). The van der Waals surface area contributed by atoms with Gasteiger partial charge in [-0.2, -0.15) is 0 Å². The normalized spacial score (nSPS) is 9.64. The Morgan fingerprint density at radius 2 is 2.36 bits per heavy atom. The van der Waals surface area contributed by atoms with Crippen molar-refractivity contribution in [1.29, 1.82) is 0 Å². The quantitative estimate of drug-likeness (QED) is 0.454. The van der Waals surface area contributed by atoms with Crippen LogP contribution in [0.15, 0.2) is 18.2 Å². The molecule has 0 aliphatic carbocycles. The Bertz CT molecular complexity index is 342. The van der Waals surface area contributed by atoms with Crippen LogP contribution < -0.4 is 16.0 Å². The van der Waals surface area contributed by atoms with E-state index in [1.165, 1.54) is 6.07 Å². The van der Waals surface area contributed by atoms with Crippen LogP contribution in [0.25, 0.3) is 0 Å². The van der Waals surface area contributed by atoms with Crippen LogP contribution in [0, 0.1) is 0 Å². The van der Waals surface area contributed by atoms with Crippen molar-refractivity contribution in [1.82, 2.24) is 5.43 Å². The second kappa shape index (κ2) is 4.83. The van der Waals surface area contributed by atoms with Crippen molar-refractivity contribution in [2.45, 2.75) is 6.92 Å². The highest BCUT2D eigenvalue weighted by atomic mass is 35.5. The number of hydrogen-bond acceptors (Lipinski definition) is 3.